The third-order valence-corrected chi connectivity index (χ3v) is 5.95. The summed E-state index contributed by atoms with van der Waals surface area (Å²) in [6, 6.07) is 18.2. The molecule has 0 aliphatic heterocycles. The van der Waals surface area contributed by atoms with Crippen LogP contribution in [0.4, 0.5) is 0 Å². The Bertz CT molecular complexity index is 886. The summed E-state index contributed by atoms with van der Waals surface area (Å²) >= 11 is 0. The summed E-state index contributed by atoms with van der Waals surface area (Å²) < 4.78 is 0. The van der Waals surface area contributed by atoms with Crippen LogP contribution in [0.5, 0.6) is 0 Å². The maximum Gasteiger partial charge on any atom is 0.328 e. The Kier molecular flexibility index (Phi) is 9.47. The fourth-order valence-corrected chi connectivity index (χ4v) is 4.24. The standard InChI is InChI=1S/C22H29N.C4H4O4/c1-4-23(5-2)15-14-19-16-18-10-6-7-11-20(18)17(3)21-12-8-9-13-22(19)21;5-3(6)1-2-4(7)8/h6-13,17,19H,4-5,14-16H2,1-3H3;1-2H,(H,5,6)(H,7,8). The highest BCUT2D eigenvalue weighted by Crippen LogP contribution is 2.40. The number of carbonyl (C=O) groups is 2. The van der Waals surface area contributed by atoms with E-state index in [2.05, 4.69) is 74.2 Å². The SMILES string of the molecule is CCN(CC)CCC1Cc2ccccc2C(C)c2ccccc21.O=C(O)C=CC(=O)O. The van der Waals surface area contributed by atoms with E-state index in [1.165, 1.54) is 30.5 Å². The van der Waals surface area contributed by atoms with Crippen molar-refractivity contribution in [1.82, 2.24) is 4.90 Å². The molecule has 2 aromatic rings. The number of aliphatic carboxylic acids is 2. The minimum atomic E-state index is -1.26. The lowest BCUT2D eigenvalue weighted by Crippen LogP contribution is -2.25. The van der Waals surface area contributed by atoms with Gasteiger partial charge in [-0.15, -0.1) is 0 Å². The van der Waals surface area contributed by atoms with Gasteiger partial charge >= 0.3 is 11.9 Å². The second-order valence-electron chi connectivity index (χ2n) is 7.78. The molecule has 31 heavy (non-hydrogen) atoms. The Morgan fingerprint density at radius 2 is 1.42 bits per heavy atom. The highest BCUT2D eigenvalue weighted by molar-refractivity contribution is 5.89. The number of carboxylic acid groups (broad SMARTS) is 2. The van der Waals surface area contributed by atoms with Crippen molar-refractivity contribution in [3.63, 3.8) is 0 Å². The molecular formula is C26H33NO4. The van der Waals surface area contributed by atoms with Crippen LogP contribution < -0.4 is 0 Å². The first kappa shape index (κ1) is 24.4. The van der Waals surface area contributed by atoms with Crippen molar-refractivity contribution in [2.45, 2.75) is 45.4 Å². The molecule has 0 radical (unpaired) electrons. The van der Waals surface area contributed by atoms with Gasteiger partial charge in [-0.3, -0.25) is 0 Å². The van der Waals surface area contributed by atoms with Gasteiger partial charge < -0.3 is 15.1 Å². The van der Waals surface area contributed by atoms with Gasteiger partial charge in [0.2, 0.25) is 0 Å². The predicted molar refractivity (Wildman–Crippen MR) is 124 cm³/mol. The highest BCUT2D eigenvalue weighted by atomic mass is 16.4. The predicted octanol–water partition coefficient (Wildman–Crippen LogP) is 4.92. The Morgan fingerprint density at radius 3 is 1.97 bits per heavy atom. The molecule has 2 N–H and O–H groups in total. The monoisotopic (exact) mass is 423 g/mol. The first-order chi connectivity index (χ1) is 14.9. The summed E-state index contributed by atoms with van der Waals surface area (Å²) in [5.41, 5.74) is 6.16. The molecule has 2 aromatic carbocycles. The van der Waals surface area contributed by atoms with E-state index in [1.807, 2.05) is 0 Å². The summed E-state index contributed by atoms with van der Waals surface area (Å²) in [4.78, 5) is 21.7. The summed E-state index contributed by atoms with van der Waals surface area (Å²) in [5, 5.41) is 15.6. The van der Waals surface area contributed by atoms with Gasteiger partial charge in [0.25, 0.3) is 0 Å². The normalized spacial score (nSPS) is 17.3. The van der Waals surface area contributed by atoms with E-state index in [4.69, 9.17) is 10.2 Å². The van der Waals surface area contributed by atoms with Gasteiger partial charge in [0.15, 0.2) is 0 Å². The molecule has 3 rings (SSSR count). The second-order valence-corrected chi connectivity index (χ2v) is 7.78. The van der Waals surface area contributed by atoms with Crippen LogP contribution in [0.2, 0.25) is 0 Å². The van der Waals surface area contributed by atoms with E-state index in [-0.39, 0.29) is 0 Å². The van der Waals surface area contributed by atoms with Gasteiger partial charge in [-0.1, -0.05) is 69.3 Å². The lowest BCUT2D eigenvalue weighted by Gasteiger charge is -2.24. The largest absolute Gasteiger partial charge is 0.478 e. The molecular weight excluding hydrogens is 390 g/mol. The number of fused-ring (bicyclic) bond motifs is 2. The number of carboxylic acids is 2. The van der Waals surface area contributed by atoms with Crippen LogP contribution in [0.1, 0.15) is 61.3 Å². The van der Waals surface area contributed by atoms with Crippen molar-refractivity contribution in [2.75, 3.05) is 19.6 Å². The van der Waals surface area contributed by atoms with Gasteiger partial charge in [-0.25, -0.2) is 9.59 Å². The minimum absolute atomic E-state index is 0.501. The molecule has 2 unspecified atom stereocenters. The first-order valence-corrected chi connectivity index (χ1v) is 10.9. The van der Waals surface area contributed by atoms with Crippen LogP contribution in [-0.4, -0.2) is 46.7 Å². The van der Waals surface area contributed by atoms with E-state index in [0.717, 1.165) is 13.1 Å². The van der Waals surface area contributed by atoms with E-state index in [1.54, 1.807) is 11.1 Å². The number of hydrogen-bond acceptors (Lipinski definition) is 3. The smallest absolute Gasteiger partial charge is 0.328 e. The van der Waals surface area contributed by atoms with Crippen molar-refractivity contribution in [3.05, 3.63) is 82.9 Å². The summed E-state index contributed by atoms with van der Waals surface area (Å²) in [5.74, 6) is -1.38. The van der Waals surface area contributed by atoms with Crippen LogP contribution in [0, 0.1) is 0 Å². The molecule has 0 amide bonds. The summed E-state index contributed by atoms with van der Waals surface area (Å²) in [6.45, 7) is 10.4. The highest BCUT2D eigenvalue weighted by Gasteiger charge is 2.26. The van der Waals surface area contributed by atoms with Gasteiger partial charge in [0.1, 0.15) is 0 Å². The molecule has 0 saturated heterocycles. The second kappa shape index (κ2) is 12.1. The Hall–Kier alpha value is -2.92. The molecule has 0 fully saturated rings. The zero-order chi connectivity index (χ0) is 22.8. The molecule has 5 nitrogen and oxygen atoms in total. The Balaban J connectivity index is 0.000000366. The molecule has 2 atom stereocenters. The van der Waals surface area contributed by atoms with E-state index in [9.17, 15) is 9.59 Å². The van der Waals surface area contributed by atoms with Crippen molar-refractivity contribution in [2.24, 2.45) is 0 Å². The van der Waals surface area contributed by atoms with Gasteiger partial charge in [0.05, 0.1) is 0 Å². The number of nitrogens with zero attached hydrogens (tertiary/aromatic N) is 1. The van der Waals surface area contributed by atoms with Crippen molar-refractivity contribution in [1.29, 1.82) is 0 Å². The molecule has 0 aromatic heterocycles. The quantitative estimate of drug-likeness (QED) is 0.618. The van der Waals surface area contributed by atoms with Gasteiger partial charge in [-0.05, 0) is 60.6 Å². The van der Waals surface area contributed by atoms with Crippen molar-refractivity contribution in [3.8, 4) is 0 Å². The summed E-state index contributed by atoms with van der Waals surface area (Å²) in [7, 11) is 0. The van der Waals surface area contributed by atoms with Crippen molar-refractivity contribution >= 4 is 11.9 Å². The zero-order valence-corrected chi connectivity index (χ0v) is 18.6. The van der Waals surface area contributed by atoms with Crippen LogP contribution in [0.25, 0.3) is 0 Å². The molecule has 0 heterocycles. The Morgan fingerprint density at radius 1 is 0.903 bits per heavy atom. The molecule has 0 bridgehead atoms. The number of benzene rings is 2. The average Bonchev–Trinajstić information content (AvgIpc) is 2.89. The van der Waals surface area contributed by atoms with Crippen molar-refractivity contribution < 1.29 is 19.8 Å². The van der Waals surface area contributed by atoms with E-state index >= 15 is 0 Å². The lowest BCUT2D eigenvalue weighted by molar-refractivity contribution is -0.134. The van der Waals surface area contributed by atoms with E-state index < -0.39 is 11.9 Å². The summed E-state index contributed by atoms with van der Waals surface area (Å²) in [6.07, 6.45) is 3.54. The first-order valence-electron chi connectivity index (χ1n) is 10.9. The van der Waals surface area contributed by atoms with E-state index in [0.29, 0.717) is 24.0 Å². The van der Waals surface area contributed by atoms with Crippen LogP contribution in [0.3, 0.4) is 0 Å². The topological polar surface area (TPSA) is 77.8 Å². The fraction of sp³-hybridized carbons (Fsp3) is 0.385. The molecule has 0 spiro atoms. The third kappa shape index (κ3) is 7.07. The number of rotatable bonds is 7. The molecule has 166 valence electrons. The van der Waals surface area contributed by atoms with Crippen LogP contribution in [-0.2, 0) is 16.0 Å². The average molecular weight is 424 g/mol. The maximum absolute atomic E-state index is 9.55. The molecule has 0 saturated carbocycles. The minimum Gasteiger partial charge on any atom is -0.478 e. The maximum atomic E-state index is 9.55. The lowest BCUT2D eigenvalue weighted by atomic mass is 9.87. The van der Waals surface area contributed by atoms with Gasteiger partial charge in [-0.2, -0.15) is 0 Å². The third-order valence-electron chi connectivity index (χ3n) is 5.95. The van der Waals surface area contributed by atoms with Gasteiger partial charge in [0, 0.05) is 18.1 Å². The van der Waals surface area contributed by atoms with Crippen LogP contribution >= 0.6 is 0 Å². The Labute approximate surface area is 185 Å². The fourth-order valence-electron chi connectivity index (χ4n) is 4.24. The van der Waals surface area contributed by atoms with Crippen LogP contribution in [0.15, 0.2) is 60.7 Å². The molecule has 1 aliphatic rings. The zero-order valence-electron chi connectivity index (χ0n) is 18.6. The molecule has 1 aliphatic carbocycles. The number of hydrogen-bond donors (Lipinski definition) is 2. The molecule has 5 heteroatoms.